The first-order valence-corrected chi connectivity index (χ1v) is 9.24. The molecule has 5 nitrogen and oxygen atoms in total. The summed E-state index contributed by atoms with van der Waals surface area (Å²) >= 11 is 0. The van der Waals surface area contributed by atoms with Gasteiger partial charge in [0, 0.05) is 19.6 Å². The van der Waals surface area contributed by atoms with Gasteiger partial charge in [0.1, 0.15) is 5.70 Å². The molecule has 1 aliphatic rings. The van der Waals surface area contributed by atoms with Crippen molar-refractivity contribution in [2.75, 3.05) is 32.7 Å². The van der Waals surface area contributed by atoms with E-state index >= 15 is 0 Å². The van der Waals surface area contributed by atoms with Crippen LogP contribution in [0, 0.1) is 0 Å². The first-order valence-electron chi connectivity index (χ1n) is 9.24. The minimum atomic E-state index is -0.296. The quantitative estimate of drug-likeness (QED) is 0.663. The van der Waals surface area contributed by atoms with Crippen molar-refractivity contribution >= 4 is 17.4 Å². The zero-order valence-corrected chi connectivity index (χ0v) is 15.5. The summed E-state index contributed by atoms with van der Waals surface area (Å²) in [5.74, 6) is -0.574. The third-order valence-corrected chi connectivity index (χ3v) is 4.65. The highest BCUT2D eigenvalue weighted by molar-refractivity contribution is 6.35. The van der Waals surface area contributed by atoms with Crippen LogP contribution in [-0.4, -0.2) is 54.3 Å². The maximum atomic E-state index is 12.5. The molecular formula is C20H29N3O2. The average Bonchev–Trinajstić information content (AvgIpc) is 2.93. The molecule has 0 bridgehead atoms. The topological polar surface area (TPSA) is 52.6 Å². The van der Waals surface area contributed by atoms with Crippen molar-refractivity contribution in [3.63, 3.8) is 0 Å². The van der Waals surface area contributed by atoms with Crippen molar-refractivity contribution in [2.24, 2.45) is 0 Å². The molecule has 1 heterocycles. The fourth-order valence-corrected chi connectivity index (χ4v) is 3.11. The monoisotopic (exact) mass is 343 g/mol. The fourth-order valence-electron chi connectivity index (χ4n) is 3.11. The van der Waals surface area contributed by atoms with Gasteiger partial charge in [-0.1, -0.05) is 57.5 Å². The summed E-state index contributed by atoms with van der Waals surface area (Å²) in [6.07, 6.45) is 2.04. The summed E-state index contributed by atoms with van der Waals surface area (Å²) in [7, 11) is 0. The molecule has 5 heteroatoms. The zero-order chi connectivity index (χ0) is 18.2. The first kappa shape index (κ1) is 19.2. The van der Waals surface area contributed by atoms with Crippen LogP contribution < -0.4 is 5.32 Å². The predicted octanol–water partition coefficient (Wildman–Crippen LogP) is 2.50. The van der Waals surface area contributed by atoms with Gasteiger partial charge in [-0.3, -0.25) is 14.9 Å². The van der Waals surface area contributed by atoms with Gasteiger partial charge in [0.2, 0.25) is 0 Å². The lowest BCUT2D eigenvalue weighted by molar-refractivity contribution is -0.124. The number of imide groups is 1. The SMILES string of the molecule is CCCCN(CCN(CC)CC)C1=C(c2ccccc2)C(=O)NC1=O. The number of nitrogens with one attached hydrogen (secondary N) is 1. The van der Waals surface area contributed by atoms with Crippen molar-refractivity contribution < 1.29 is 9.59 Å². The highest BCUT2D eigenvalue weighted by atomic mass is 16.2. The van der Waals surface area contributed by atoms with E-state index in [0.717, 1.165) is 51.1 Å². The number of hydrogen-bond donors (Lipinski definition) is 1. The lowest BCUT2D eigenvalue weighted by Crippen LogP contribution is -2.38. The minimum absolute atomic E-state index is 0.278. The molecule has 1 aromatic carbocycles. The summed E-state index contributed by atoms with van der Waals surface area (Å²) in [6.45, 7) is 10.8. The van der Waals surface area contributed by atoms with Gasteiger partial charge in [-0.15, -0.1) is 0 Å². The molecule has 0 aliphatic carbocycles. The maximum absolute atomic E-state index is 12.5. The Labute approximate surface area is 150 Å². The molecule has 0 atom stereocenters. The Morgan fingerprint density at radius 1 is 0.880 bits per heavy atom. The van der Waals surface area contributed by atoms with E-state index in [1.807, 2.05) is 30.3 Å². The molecule has 0 unspecified atom stereocenters. The molecule has 2 rings (SSSR count). The van der Waals surface area contributed by atoms with E-state index in [9.17, 15) is 9.59 Å². The van der Waals surface area contributed by atoms with Crippen molar-refractivity contribution in [1.29, 1.82) is 0 Å². The van der Waals surface area contributed by atoms with E-state index in [4.69, 9.17) is 0 Å². The van der Waals surface area contributed by atoms with Crippen molar-refractivity contribution in [3.8, 4) is 0 Å². The number of hydrogen-bond acceptors (Lipinski definition) is 4. The number of benzene rings is 1. The Bertz CT molecular complexity index is 621. The smallest absolute Gasteiger partial charge is 0.275 e. The lowest BCUT2D eigenvalue weighted by Gasteiger charge is -2.28. The van der Waals surface area contributed by atoms with Crippen LogP contribution in [-0.2, 0) is 9.59 Å². The molecule has 1 aliphatic heterocycles. The van der Waals surface area contributed by atoms with Gasteiger partial charge >= 0.3 is 0 Å². The summed E-state index contributed by atoms with van der Waals surface area (Å²) in [5, 5.41) is 2.48. The van der Waals surface area contributed by atoms with Gasteiger partial charge in [-0.05, 0) is 25.1 Å². The molecule has 0 radical (unpaired) electrons. The molecule has 0 saturated carbocycles. The van der Waals surface area contributed by atoms with Gasteiger partial charge < -0.3 is 9.80 Å². The standard InChI is InChI=1S/C20H29N3O2/c1-4-7-13-23(15-14-22(5-2)6-3)18-17(19(24)21-20(18)25)16-11-9-8-10-12-16/h8-12H,4-7,13-15H2,1-3H3,(H,21,24,25). The highest BCUT2D eigenvalue weighted by Gasteiger charge is 2.34. The molecule has 25 heavy (non-hydrogen) atoms. The first-order chi connectivity index (χ1) is 12.1. The number of carbonyl (C=O) groups is 2. The van der Waals surface area contributed by atoms with Gasteiger partial charge in [0.15, 0.2) is 0 Å². The summed E-state index contributed by atoms with van der Waals surface area (Å²) < 4.78 is 0. The number of carbonyl (C=O) groups excluding carboxylic acids is 2. The highest BCUT2D eigenvalue weighted by Crippen LogP contribution is 2.26. The van der Waals surface area contributed by atoms with Crippen LogP contribution in [0.3, 0.4) is 0 Å². The summed E-state index contributed by atoms with van der Waals surface area (Å²) in [5.41, 5.74) is 1.82. The van der Waals surface area contributed by atoms with E-state index in [1.165, 1.54) is 0 Å². The number of likely N-dealkylation sites (N-methyl/N-ethyl adjacent to an activating group) is 1. The van der Waals surface area contributed by atoms with Crippen LogP contribution in [0.1, 0.15) is 39.2 Å². The Hall–Kier alpha value is -2.14. The van der Waals surface area contributed by atoms with Crippen LogP contribution in [0.25, 0.3) is 5.57 Å². The Morgan fingerprint density at radius 2 is 1.56 bits per heavy atom. The van der Waals surface area contributed by atoms with Crippen LogP contribution >= 0.6 is 0 Å². The van der Waals surface area contributed by atoms with Crippen molar-refractivity contribution in [1.82, 2.24) is 15.1 Å². The average molecular weight is 343 g/mol. The van der Waals surface area contributed by atoms with E-state index in [0.29, 0.717) is 11.3 Å². The number of rotatable bonds is 10. The summed E-state index contributed by atoms with van der Waals surface area (Å²) in [6, 6.07) is 9.46. The fraction of sp³-hybridized carbons (Fsp3) is 0.500. The Balaban J connectivity index is 2.34. The molecular weight excluding hydrogens is 314 g/mol. The third-order valence-electron chi connectivity index (χ3n) is 4.65. The largest absolute Gasteiger partial charge is 0.365 e. The molecule has 1 N–H and O–H groups in total. The van der Waals surface area contributed by atoms with E-state index in [-0.39, 0.29) is 11.8 Å². The summed E-state index contributed by atoms with van der Waals surface area (Å²) in [4.78, 5) is 29.3. The van der Waals surface area contributed by atoms with Gasteiger partial charge in [-0.2, -0.15) is 0 Å². The molecule has 1 aromatic rings. The molecule has 0 saturated heterocycles. The second kappa shape index (κ2) is 9.37. The minimum Gasteiger partial charge on any atom is -0.365 e. The second-order valence-corrected chi connectivity index (χ2v) is 6.24. The molecule has 0 aromatic heterocycles. The Morgan fingerprint density at radius 3 is 2.16 bits per heavy atom. The lowest BCUT2D eigenvalue weighted by atomic mass is 10.0. The number of amides is 2. The van der Waals surface area contributed by atoms with Gasteiger partial charge in [-0.25, -0.2) is 0 Å². The maximum Gasteiger partial charge on any atom is 0.275 e. The van der Waals surface area contributed by atoms with Crippen LogP contribution in [0.4, 0.5) is 0 Å². The van der Waals surface area contributed by atoms with Crippen LogP contribution in [0.5, 0.6) is 0 Å². The van der Waals surface area contributed by atoms with Crippen molar-refractivity contribution in [3.05, 3.63) is 41.6 Å². The van der Waals surface area contributed by atoms with E-state index in [2.05, 4.69) is 35.9 Å². The Kier molecular flexibility index (Phi) is 7.19. The number of nitrogens with zero attached hydrogens (tertiary/aromatic N) is 2. The molecule has 0 fully saturated rings. The molecule has 136 valence electrons. The van der Waals surface area contributed by atoms with Crippen LogP contribution in [0.15, 0.2) is 36.0 Å². The van der Waals surface area contributed by atoms with Gasteiger partial charge in [0.25, 0.3) is 11.8 Å². The number of unbranched alkanes of at least 4 members (excludes halogenated alkanes) is 1. The normalized spacial score (nSPS) is 14.4. The third kappa shape index (κ3) is 4.69. The van der Waals surface area contributed by atoms with Gasteiger partial charge in [0.05, 0.1) is 5.57 Å². The van der Waals surface area contributed by atoms with E-state index in [1.54, 1.807) is 0 Å². The zero-order valence-electron chi connectivity index (χ0n) is 15.5. The predicted molar refractivity (Wildman–Crippen MR) is 101 cm³/mol. The van der Waals surface area contributed by atoms with Crippen LogP contribution in [0.2, 0.25) is 0 Å². The van der Waals surface area contributed by atoms with Crippen molar-refractivity contribution in [2.45, 2.75) is 33.6 Å². The molecule has 2 amide bonds. The molecule has 0 spiro atoms. The second-order valence-electron chi connectivity index (χ2n) is 6.24. The van der Waals surface area contributed by atoms with E-state index < -0.39 is 0 Å².